The van der Waals surface area contributed by atoms with Gasteiger partial charge in [0.05, 0.1) is 0 Å². The lowest BCUT2D eigenvalue weighted by molar-refractivity contribution is 0.0826. The molecule has 0 radical (unpaired) electrons. The van der Waals surface area contributed by atoms with Crippen LogP contribution in [-0.2, 0) is 11.3 Å². The number of hydrogen-bond donors (Lipinski definition) is 0. The summed E-state index contributed by atoms with van der Waals surface area (Å²) >= 11 is 0. The number of rotatable bonds is 4. The Bertz CT molecular complexity index is 662. The second-order valence-corrected chi connectivity index (χ2v) is 6.74. The number of ether oxygens (including phenoxy) is 1. The normalized spacial score (nSPS) is 23.8. The number of fused-ring (bicyclic) bond motifs is 1. The predicted octanol–water partition coefficient (Wildman–Crippen LogP) is 2.81. The number of imidazole rings is 1. The third-order valence-corrected chi connectivity index (χ3v) is 5.42. The summed E-state index contributed by atoms with van der Waals surface area (Å²) in [5.41, 5.74) is 2.09. The van der Waals surface area contributed by atoms with Crippen molar-refractivity contribution in [3.05, 3.63) is 24.2 Å². The van der Waals surface area contributed by atoms with E-state index in [0.29, 0.717) is 12.0 Å². The lowest BCUT2D eigenvalue weighted by Gasteiger charge is -2.26. The Labute approximate surface area is 137 Å². The van der Waals surface area contributed by atoms with E-state index < -0.39 is 0 Å². The third-order valence-electron chi connectivity index (χ3n) is 5.42. The van der Waals surface area contributed by atoms with E-state index in [4.69, 9.17) is 9.72 Å². The predicted molar refractivity (Wildman–Crippen MR) is 90.6 cm³/mol. The van der Waals surface area contributed by atoms with Gasteiger partial charge in [0.1, 0.15) is 11.3 Å². The SMILES string of the molecule is CCN1CCCC1Cn1c(C2CCOCC2)nc2cccnc21. The molecular weight excluding hydrogens is 288 g/mol. The fraction of sp³-hybridized carbons (Fsp3) is 0.667. The molecule has 23 heavy (non-hydrogen) atoms. The Morgan fingerprint density at radius 2 is 2.13 bits per heavy atom. The molecule has 0 bridgehead atoms. The van der Waals surface area contributed by atoms with Crippen molar-refractivity contribution in [2.45, 2.75) is 51.1 Å². The topological polar surface area (TPSA) is 43.2 Å². The second kappa shape index (κ2) is 6.57. The van der Waals surface area contributed by atoms with Gasteiger partial charge in [-0.15, -0.1) is 0 Å². The molecule has 1 atom stereocenters. The van der Waals surface area contributed by atoms with Crippen molar-refractivity contribution in [1.82, 2.24) is 19.4 Å². The van der Waals surface area contributed by atoms with Crippen LogP contribution in [0.5, 0.6) is 0 Å². The van der Waals surface area contributed by atoms with Crippen molar-refractivity contribution in [3.63, 3.8) is 0 Å². The monoisotopic (exact) mass is 314 g/mol. The Hall–Kier alpha value is -1.46. The zero-order valence-electron chi connectivity index (χ0n) is 13.9. The van der Waals surface area contributed by atoms with Gasteiger partial charge in [-0.25, -0.2) is 9.97 Å². The number of likely N-dealkylation sites (N-methyl/N-ethyl adjacent to an activating group) is 1. The molecule has 4 rings (SSSR count). The van der Waals surface area contributed by atoms with E-state index in [0.717, 1.165) is 50.3 Å². The molecule has 0 N–H and O–H groups in total. The van der Waals surface area contributed by atoms with Gasteiger partial charge < -0.3 is 9.30 Å². The minimum absolute atomic E-state index is 0.509. The van der Waals surface area contributed by atoms with Crippen LogP contribution in [0.3, 0.4) is 0 Å². The van der Waals surface area contributed by atoms with Crippen molar-refractivity contribution < 1.29 is 4.74 Å². The molecule has 1 unspecified atom stereocenters. The minimum Gasteiger partial charge on any atom is -0.381 e. The molecule has 0 spiro atoms. The number of likely N-dealkylation sites (tertiary alicyclic amines) is 1. The fourth-order valence-corrected chi connectivity index (χ4v) is 4.15. The van der Waals surface area contributed by atoms with Crippen LogP contribution in [0, 0.1) is 0 Å². The average Bonchev–Trinajstić information content (AvgIpc) is 3.21. The van der Waals surface area contributed by atoms with Gasteiger partial charge in [0.25, 0.3) is 0 Å². The standard InChI is InChI=1S/C18H26N4O/c1-2-21-10-4-5-15(21)13-22-17(14-7-11-23-12-8-14)20-16-6-3-9-19-18(16)22/h3,6,9,14-15H,2,4-5,7-8,10-13H2,1H3. The molecule has 2 aliphatic heterocycles. The van der Waals surface area contributed by atoms with Crippen LogP contribution in [-0.4, -0.2) is 51.8 Å². The van der Waals surface area contributed by atoms with Crippen LogP contribution in [0.4, 0.5) is 0 Å². The molecule has 2 aromatic heterocycles. The first-order chi connectivity index (χ1) is 11.4. The van der Waals surface area contributed by atoms with E-state index in [1.807, 2.05) is 12.3 Å². The summed E-state index contributed by atoms with van der Waals surface area (Å²) in [5.74, 6) is 1.74. The highest BCUT2D eigenvalue weighted by Crippen LogP contribution is 2.30. The van der Waals surface area contributed by atoms with E-state index >= 15 is 0 Å². The molecule has 2 fully saturated rings. The van der Waals surface area contributed by atoms with Gasteiger partial charge in [-0.2, -0.15) is 0 Å². The molecule has 2 saturated heterocycles. The lowest BCUT2D eigenvalue weighted by atomic mass is 9.99. The molecule has 0 aromatic carbocycles. The van der Waals surface area contributed by atoms with Crippen LogP contribution in [0.1, 0.15) is 44.3 Å². The maximum atomic E-state index is 5.54. The van der Waals surface area contributed by atoms with Crippen LogP contribution >= 0.6 is 0 Å². The highest BCUT2D eigenvalue weighted by Gasteiger charge is 2.28. The summed E-state index contributed by atoms with van der Waals surface area (Å²) < 4.78 is 7.95. The smallest absolute Gasteiger partial charge is 0.160 e. The fourth-order valence-electron chi connectivity index (χ4n) is 4.15. The number of hydrogen-bond acceptors (Lipinski definition) is 4. The summed E-state index contributed by atoms with van der Waals surface area (Å²) in [4.78, 5) is 12.2. The van der Waals surface area contributed by atoms with E-state index in [9.17, 15) is 0 Å². The van der Waals surface area contributed by atoms with Gasteiger partial charge in [0.15, 0.2) is 5.65 Å². The van der Waals surface area contributed by atoms with Gasteiger partial charge in [-0.05, 0) is 50.9 Å². The minimum atomic E-state index is 0.509. The average molecular weight is 314 g/mol. The molecule has 5 heteroatoms. The van der Waals surface area contributed by atoms with Crippen LogP contribution in [0.25, 0.3) is 11.2 Å². The van der Waals surface area contributed by atoms with E-state index in [2.05, 4.69) is 27.4 Å². The number of pyridine rings is 1. The Kier molecular flexibility index (Phi) is 4.31. The first kappa shape index (κ1) is 15.1. The van der Waals surface area contributed by atoms with Gasteiger partial charge in [-0.3, -0.25) is 4.90 Å². The maximum Gasteiger partial charge on any atom is 0.160 e. The molecule has 0 amide bonds. The van der Waals surface area contributed by atoms with Crippen molar-refractivity contribution in [2.75, 3.05) is 26.3 Å². The Morgan fingerprint density at radius 1 is 1.26 bits per heavy atom. The lowest BCUT2D eigenvalue weighted by Crippen LogP contribution is -2.33. The van der Waals surface area contributed by atoms with Gasteiger partial charge in [0.2, 0.25) is 0 Å². The molecule has 4 heterocycles. The second-order valence-electron chi connectivity index (χ2n) is 6.74. The third kappa shape index (κ3) is 2.88. The molecule has 0 aliphatic carbocycles. The van der Waals surface area contributed by atoms with Crippen LogP contribution in [0.2, 0.25) is 0 Å². The highest BCUT2D eigenvalue weighted by molar-refractivity contribution is 5.71. The first-order valence-electron chi connectivity index (χ1n) is 8.99. The highest BCUT2D eigenvalue weighted by atomic mass is 16.5. The van der Waals surface area contributed by atoms with Crippen LogP contribution in [0.15, 0.2) is 18.3 Å². The quantitative estimate of drug-likeness (QED) is 0.870. The largest absolute Gasteiger partial charge is 0.381 e. The Morgan fingerprint density at radius 3 is 2.96 bits per heavy atom. The molecule has 5 nitrogen and oxygen atoms in total. The van der Waals surface area contributed by atoms with E-state index in [1.54, 1.807) is 0 Å². The van der Waals surface area contributed by atoms with Crippen molar-refractivity contribution >= 4 is 11.2 Å². The zero-order valence-corrected chi connectivity index (χ0v) is 13.9. The van der Waals surface area contributed by atoms with Crippen molar-refractivity contribution in [2.24, 2.45) is 0 Å². The molecule has 0 saturated carbocycles. The number of nitrogens with zero attached hydrogens (tertiary/aromatic N) is 4. The summed E-state index contributed by atoms with van der Waals surface area (Å²) in [6.07, 6.45) is 6.64. The van der Waals surface area contributed by atoms with Gasteiger partial charge in [-0.1, -0.05) is 6.92 Å². The zero-order chi connectivity index (χ0) is 15.6. The van der Waals surface area contributed by atoms with Gasteiger partial charge in [0, 0.05) is 37.9 Å². The molecule has 2 aromatic rings. The molecule has 2 aliphatic rings. The van der Waals surface area contributed by atoms with Crippen molar-refractivity contribution in [3.8, 4) is 0 Å². The molecular formula is C18H26N4O. The van der Waals surface area contributed by atoms with Gasteiger partial charge >= 0.3 is 0 Å². The Balaban J connectivity index is 1.70. The van der Waals surface area contributed by atoms with E-state index in [1.165, 1.54) is 25.2 Å². The molecule has 124 valence electrons. The number of aromatic nitrogens is 3. The first-order valence-corrected chi connectivity index (χ1v) is 8.99. The summed E-state index contributed by atoms with van der Waals surface area (Å²) in [6, 6.07) is 4.70. The summed E-state index contributed by atoms with van der Waals surface area (Å²) in [5, 5.41) is 0. The van der Waals surface area contributed by atoms with E-state index in [-0.39, 0.29) is 0 Å². The van der Waals surface area contributed by atoms with Crippen LogP contribution < -0.4 is 0 Å². The summed E-state index contributed by atoms with van der Waals surface area (Å²) in [7, 11) is 0. The maximum absolute atomic E-state index is 5.54. The van der Waals surface area contributed by atoms with Crippen molar-refractivity contribution in [1.29, 1.82) is 0 Å². The summed E-state index contributed by atoms with van der Waals surface area (Å²) in [6.45, 7) is 7.36.